The molecule has 0 radical (unpaired) electrons. The zero-order valence-electron chi connectivity index (χ0n) is 11.6. The molecule has 22 heavy (non-hydrogen) atoms. The number of nitrogens with zero attached hydrogens (tertiary/aromatic N) is 4. The number of rotatable bonds is 4. The van der Waals surface area contributed by atoms with Gasteiger partial charge in [-0.05, 0) is 25.0 Å². The van der Waals surface area contributed by atoms with Crippen molar-refractivity contribution in [2.24, 2.45) is 0 Å². The highest BCUT2D eigenvalue weighted by Crippen LogP contribution is 2.30. The molecule has 114 valence electrons. The Kier molecular flexibility index (Phi) is 3.69. The van der Waals surface area contributed by atoms with Crippen molar-refractivity contribution >= 4 is 22.9 Å². The molecule has 1 aliphatic heterocycles. The van der Waals surface area contributed by atoms with Gasteiger partial charge in [0.25, 0.3) is 5.89 Å². The predicted molar refractivity (Wildman–Crippen MR) is 81.9 cm³/mol. The number of hydrogen-bond donors (Lipinski definition) is 0. The molecule has 8 heteroatoms. The van der Waals surface area contributed by atoms with Crippen LogP contribution in [0.1, 0.15) is 30.7 Å². The second-order valence-corrected chi connectivity index (χ2v) is 6.75. The minimum Gasteiger partial charge on any atom is -0.368 e. The van der Waals surface area contributed by atoms with E-state index in [0.29, 0.717) is 18.3 Å². The SMILES string of the molecule is Clc1ccc(-c2nccn2Cc2noc(C3CCCO3)n2)s1. The van der Waals surface area contributed by atoms with Crippen LogP contribution in [0.4, 0.5) is 0 Å². The Hall–Kier alpha value is -1.70. The lowest BCUT2D eigenvalue weighted by Gasteiger charge is -2.03. The van der Waals surface area contributed by atoms with E-state index >= 15 is 0 Å². The highest BCUT2D eigenvalue weighted by Gasteiger charge is 2.24. The number of halogens is 1. The van der Waals surface area contributed by atoms with Crippen molar-refractivity contribution in [3.63, 3.8) is 0 Å². The molecule has 4 rings (SSSR count). The number of hydrogen-bond acceptors (Lipinski definition) is 6. The highest BCUT2D eigenvalue weighted by atomic mass is 35.5. The average molecular weight is 337 g/mol. The largest absolute Gasteiger partial charge is 0.368 e. The van der Waals surface area contributed by atoms with Gasteiger partial charge in [0.05, 0.1) is 15.8 Å². The Morgan fingerprint density at radius 2 is 2.36 bits per heavy atom. The molecule has 1 saturated heterocycles. The summed E-state index contributed by atoms with van der Waals surface area (Å²) in [6, 6.07) is 3.82. The summed E-state index contributed by atoms with van der Waals surface area (Å²) in [4.78, 5) is 9.83. The molecule has 1 atom stereocenters. The van der Waals surface area contributed by atoms with Crippen molar-refractivity contribution in [2.75, 3.05) is 6.61 Å². The van der Waals surface area contributed by atoms with E-state index in [0.717, 1.165) is 34.5 Å². The van der Waals surface area contributed by atoms with Crippen LogP contribution < -0.4 is 0 Å². The molecule has 3 aromatic heterocycles. The van der Waals surface area contributed by atoms with Gasteiger partial charge in [-0.2, -0.15) is 4.98 Å². The monoisotopic (exact) mass is 336 g/mol. The second-order valence-electron chi connectivity index (χ2n) is 5.03. The molecule has 1 unspecified atom stereocenters. The van der Waals surface area contributed by atoms with Crippen molar-refractivity contribution in [1.82, 2.24) is 19.7 Å². The van der Waals surface area contributed by atoms with Crippen molar-refractivity contribution < 1.29 is 9.26 Å². The fourth-order valence-corrected chi connectivity index (χ4v) is 3.54. The topological polar surface area (TPSA) is 66.0 Å². The lowest BCUT2D eigenvalue weighted by Crippen LogP contribution is -2.03. The van der Waals surface area contributed by atoms with Crippen molar-refractivity contribution in [1.29, 1.82) is 0 Å². The van der Waals surface area contributed by atoms with Crippen LogP contribution in [0.25, 0.3) is 10.7 Å². The summed E-state index contributed by atoms with van der Waals surface area (Å²) in [5, 5.41) is 4.04. The van der Waals surface area contributed by atoms with E-state index in [-0.39, 0.29) is 6.10 Å². The normalized spacial score (nSPS) is 18.1. The standard InChI is InChI=1S/C14H13ClN4O2S/c15-11-4-3-10(22-11)13-16-5-6-19(13)8-12-17-14(21-18-12)9-2-1-7-20-9/h3-6,9H,1-2,7-8H2. The summed E-state index contributed by atoms with van der Waals surface area (Å²) in [6.45, 7) is 1.26. The molecular formula is C14H13ClN4O2S. The van der Waals surface area contributed by atoms with Crippen molar-refractivity contribution in [3.8, 4) is 10.7 Å². The first-order valence-electron chi connectivity index (χ1n) is 7.00. The fourth-order valence-electron chi connectivity index (χ4n) is 2.48. The third-order valence-electron chi connectivity index (χ3n) is 3.51. The van der Waals surface area contributed by atoms with Crippen LogP contribution in [-0.4, -0.2) is 26.3 Å². The molecule has 1 fully saturated rings. The average Bonchev–Trinajstić information content (AvgIpc) is 3.26. The van der Waals surface area contributed by atoms with Crippen molar-refractivity contribution in [3.05, 3.63) is 40.6 Å². The van der Waals surface area contributed by atoms with E-state index in [4.69, 9.17) is 20.9 Å². The second kappa shape index (κ2) is 5.83. The van der Waals surface area contributed by atoms with Crippen LogP contribution in [0.5, 0.6) is 0 Å². The lowest BCUT2D eigenvalue weighted by molar-refractivity contribution is 0.0835. The van der Waals surface area contributed by atoms with Crippen LogP contribution in [-0.2, 0) is 11.3 Å². The van der Waals surface area contributed by atoms with Crippen LogP contribution in [0.2, 0.25) is 4.34 Å². The highest BCUT2D eigenvalue weighted by molar-refractivity contribution is 7.19. The maximum Gasteiger partial charge on any atom is 0.255 e. The lowest BCUT2D eigenvalue weighted by atomic mass is 10.2. The van der Waals surface area contributed by atoms with Crippen LogP contribution in [0.3, 0.4) is 0 Å². The van der Waals surface area contributed by atoms with Gasteiger partial charge in [-0.3, -0.25) is 0 Å². The van der Waals surface area contributed by atoms with Crippen LogP contribution >= 0.6 is 22.9 Å². The number of aromatic nitrogens is 4. The summed E-state index contributed by atoms with van der Waals surface area (Å²) >= 11 is 7.49. The summed E-state index contributed by atoms with van der Waals surface area (Å²) in [5.74, 6) is 2.03. The molecule has 0 saturated carbocycles. The molecule has 6 nitrogen and oxygen atoms in total. The Bertz CT molecular complexity index is 775. The summed E-state index contributed by atoms with van der Waals surface area (Å²) in [7, 11) is 0. The first kappa shape index (κ1) is 13.9. The minimum absolute atomic E-state index is 0.0559. The van der Waals surface area contributed by atoms with E-state index in [9.17, 15) is 0 Å². The quantitative estimate of drug-likeness (QED) is 0.729. The molecular weight excluding hydrogens is 324 g/mol. The molecule has 0 aromatic carbocycles. The molecule has 0 N–H and O–H groups in total. The minimum atomic E-state index is -0.0559. The molecule has 4 heterocycles. The first-order chi connectivity index (χ1) is 10.8. The van der Waals surface area contributed by atoms with Gasteiger partial charge in [0.15, 0.2) is 5.82 Å². The molecule has 1 aliphatic rings. The third-order valence-corrected chi connectivity index (χ3v) is 4.74. The van der Waals surface area contributed by atoms with Gasteiger partial charge in [-0.25, -0.2) is 4.98 Å². The summed E-state index contributed by atoms with van der Waals surface area (Å²) in [6.07, 6.45) is 5.56. The van der Waals surface area contributed by atoms with E-state index in [1.807, 2.05) is 22.9 Å². The molecule has 0 bridgehead atoms. The Balaban J connectivity index is 1.55. The number of thiophene rings is 1. The van der Waals surface area contributed by atoms with Gasteiger partial charge >= 0.3 is 0 Å². The summed E-state index contributed by atoms with van der Waals surface area (Å²) in [5.41, 5.74) is 0. The first-order valence-corrected chi connectivity index (χ1v) is 8.20. The van der Waals surface area contributed by atoms with Gasteiger partial charge in [-0.1, -0.05) is 16.8 Å². The summed E-state index contributed by atoms with van der Waals surface area (Å²) < 4.78 is 13.6. The zero-order valence-corrected chi connectivity index (χ0v) is 13.2. The van der Waals surface area contributed by atoms with Gasteiger partial charge in [0, 0.05) is 19.0 Å². The van der Waals surface area contributed by atoms with Crippen LogP contribution in [0.15, 0.2) is 29.0 Å². The smallest absolute Gasteiger partial charge is 0.255 e. The van der Waals surface area contributed by atoms with E-state index in [1.165, 1.54) is 11.3 Å². The Labute approximate surface area is 135 Å². The van der Waals surface area contributed by atoms with Crippen molar-refractivity contribution in [2.45, 2.75) is 25.5 Å². The molecule has 0 amide bonds. The van der Waals surface area contributed by atoms with E-state index in [1.54, 1.807) is 6.20 Å². The predicted octanol–water partition coefficient (Wildman–Crippen LogP) is 3.55. The molecule has 3 aromatic rings. The van der Waals surface area contributed by atoms with Crippen LogP contribution in [0, 0.1) is 0 Å². The van der Waals surface area contributed by atoms with Gasteiger partial charge in [-0.15, -0.1) is 11.3 Å². The molecule has 0 aliphatic carbocycles. The Morgan fingerprint density at radius 3 is 3.14 bits per heavy atom. The number of ether oxygens (including phenoxy) is 1. The van der Waals surface area contributed by atoms with Gasteiger partial charge < -0.3 is 13.8 Å². The Morgan fingerprint density at radius 1 is 1.41 bits per heavy atom. The van der Waals surface area contributed by atoms with E-state index < -0.39 is 0 Å². The zero-order chi connectivity index (χ0) is 14.9. The molecule has 0 spiro atoms. The fraction of sp³-hybridized carbons (Fsp3) is 0.357. The number of imidazole rings is 1. The maximum absolute atomic E-state index is 5.99. The maximum atomic E-state index is 5.99. The van der Waals surface area contributed by atoms with E-state index in [2.05, 4.69) is 15.1 Å². The third kappa shape index (κ3) is 2.67. The van der Waals surface area contributed by atoms with Gasteiger partial charge in [0.1, 0.15) is 11.9 Å². The van der Waals surface area contributed by atoms with Gasteiger partial charge in [0.2, 0.25) is 0 Å².